The Morgan fingerprint density at radius 2 is 1.47 bits per heavy atom. The number of phenolic OH excluding ortho intramolecular Hbond substituents is 5. The molecular formula is C35H34O8. The Bertz CT molecular complexity index is 1590. The van der Waals surface area contributed by atoms with E-state index in [0.717, 1.165) is 11.1 Å². The number of hydrogen-bond acceptors (Lipinski definition) is 8. The first-order valence-corrected chi connectivity index (χ1v) is 14.1. The zero-order valence-corrected chi connectivity index (χ0v) is 23.7. The molecule has 1 heterocycles. The lowest BCUT2D eigenvalue weighted by Crippen LogP contribution is -2.28. The summed E-state index contributed by atoms with van der Waals surface area (Å²) in [5.74, 6) is -0.911. The van der Waals surface area contributed by atoms with Crippen molar-refractivity contribution in [3.63, 3.8) is 0 Å². The summed E-state index contributed by atoms with van der Waals surface area (Å²) < 4.78 is 11.9. The van der Waals surface area contributed by atoms with E-state index in [1.165, 1.54) is 31.4 Å². The lowest BCUT2D eigenvalue weighted by Gasteiger charge is -2.37. The minimum absolute atomic E-state index is 0.0464. The van der Waals surface area contributed by atoms with Gasteiger partial charge in [-0.2, -0.15) is 0 Å². The highest BCUT2D eigenvalue weighted by Crippen LogP contribution is 2.50. The Labute approximate surface area is 249 Å². The molecule has 4 aromatic carbocycles. The van der Waals surface area contributed by atoms with Crippen molar-refractivity contribution in [1.82, 2.24) is 0 Å². The molecule has 0 spiro atoms. The van der Waals surface area contributed by atoms with Crippen LogP contribution in [0, 0.1) is 0 Å². The van der Waals surface area contributed by atoms with Crippen LogP contribution >= 0.6 is 0 Å². The minimum atomic E-state index is -0.505. The second-order valence-corrected chi connectivity index (χ2v) is 10.7. The van der Waals surface area contributed by atoms with Gasteiger partial charge in [-0.15, -0.1) is 0 Å². The maximum Gasteiger partial charge on any atom is 0.193 e. The van der Waals surface area contributed by atoms with Gasteiger partial charge in [0.05, 0.1) is 19.3 Å². The number of methoxy groups -OCH3 is 1. The van der Waals surface area contributed by atoms with Crippen molar-refractivity contribution in [2.24, 2.45) is 0 Å². The number of hydrogen-bond donors (Lipinski definition) is 5. The highest BCUT2D eigenvalue weighted by molar-refractivity contribution is 6.11. The number of carbonyl (C=O) groups is 1. The van der Waals surface area contributed by atoms with Crippen LogP contribution in [0.15, 0.2) is 84.9 Å². The second kappa shape index (κ2) is 12.9. The minimum Gasteiger partial charge on any atom is -0.508 e. The first-order chi connectivity index (χ1) is 20.7. The summed E-state index contributed by atoms with van der Waals surface area (Å²) in [5, 5.41) is 51.6. The molecule has 3 atom stereocenters. The van der Waals surface area contributed by atoms with Crippen LogP contribution < -0.4 is 4.74 Å². The fourth-order valence-electron chi connectivity index (χ4n) is 5.62. The molecule has 0 radical (unpaired) electrons. The van der Waals surface area contributed by atoms with E-state index >= 15 is 0 Å². The number of aryl methyl sites for hydroxylation is 1. The lowest BCUT2D eigenvalue weighted by atomic mass is 9.80. The number of rotatable bonds is 9. The van der Waals surface area contributed by atoms with Gasteiger partial charge in [-0.05, 0) is 90.8 Å². The van der Waals surface area contributed by atoms with Crippen molar-refractivity contribution in [3.8, 4) is 34.5 Å². The van der Waals surface area contributed by atoms with Crippen LogP contribution in [-0.2, 0) is 11.2 Å². The number of carbonyl (C=O) groups excluding carboxylic acids is 1. The van der Waals surface area contributed by atoms with Gasteiger partial charge < -0.3 is 35.0 Å². The summed E-state index contributed by atoms with van der Waals surface area (Å²) in [6.45, 7) is 0. The predicted molar refractivity (Wildman–Crippen MR) is 162 cm³/mol. The monoisotopic (exact) mass is 582 g/mol. The molecule has 43 heavy (non-hydrogen) atoms. The van der Waals surface area contributed by atoms with Crippen LogP contribution in [0.25, 0.3) is 6.08 Å². The van der Waals surface area contributed by atoms with Crippen LogP contribution in [0.1, 0.15) is 63.9 Å². The van der Waals surface area contributed by atoms with E-state index in [4.69, 9.17) is 9.47 Å². The normalized spacial score (nSPS) is 18.5. The molecule has 5 N–H and O–H groups in total. The van der Waals surface area contributed by atoms with Gasteiger partial charge in [-0.25, -0.2) is 0 Å². The fraction of sp³-hybridized carbons (Fsp3) is 0.229. The van der Waals surface area contributed by atoms with Gasteiger partial charge in [0.15, 0.2) is 5.78 Å². The molecule has 0 amide bonds. The Balaban J connectivity index is 1.47. The molecule has 0 aromatic heterocycles. The first-order valence-electron chi connectivity index (χ1n) is 14.1. The van der Waals surface area contributed by atoms with Crippen molar-refractivity contribution in [2.45, 2.75) is 43.8 Å². The van der Waals surface area contributed by atoms with Gasteiger partial charge in [0.2, 0.25) is 0 Å². The van der Waals surface area contributed by atoms with E-state index in [9.17, 15) is 30.3 Å². The van der Waals surface area contributed by atoms with Crippen LogP contribution in [0.2, 0.25) is 0 Å². The summed E-state index contributed by atoms with van der Waals surface area (Å²) in [5.41, 5.74) is 2.76. The third-order valence-corrected chi connectivity index (χ3v) is 7.84. The van der Waals surface area contributed by atoms with Gasteiger partial charge in [0.1, 0.15) is 40.1 Å². The zero-order valence-electron chi connectivity index (χ0n) is 23.7. The van der Waals surface area contributed by atoms with Gasteiger partial charge in [0, 0.05) is 11.6 Å². The second-order valence-electron chi connectivity index (χ2n) is 10.7. The number of aromatic hydroxyl groups is 5. The first kappa shape index (κ1) is 29.5. The maximum absolute atomic E-state index is 13.4. The van der Waals surface area contributed by atoms with Gasteiger partial charge in [0.25, 0.3) is 0 Å². The summed E-state index contributed by atoms with van der Waals surface area (Å²) >= 11 is 0. The average Bonchev–Trinajstić information content (AvgIpc) is 3.00. The van der Waals surface area contributed by atoms with Crippen molar-refractivity contribution in [3.05, 3.63) is 113 Å². The summed E-state index contributed by atoms with van der Waals surface area (Å²) in [7, 11) is 1.36. The molecule has 0 saturated carbocycles. The van der Waals surface area contributed by atoms with Crippen LogP contribution in [0.4, 0.5) is 0 Å². The average molecular weight is 583 g/mol. The molecule has 0 aliphatic carbocycles. The number of ether oxygens (including phenoxy) is 2. The van der Waals surface area contributed by atoms with E-state index in [-0.39, 0.29) is 57.6 Å². The summed E-state index contributed by atoms with van der Waals surface area (Å²) in [4.78, 5) is 13.4. The fourth-order valence-corrected chi connectivity index (χ4v) is 5.62. The molecule has 8 nitrogen and oxygen atoms in total. The van der Waals surface area contributed by atoms with E-state index in [1.54, 1.807) is 54.6 Å². The molecule has 1 aliphatic rings. The van der Waals surface area contributed by atoms with Gasteiger partial charge in [-0.3, -0.25) is 4.79 Å². The number of allylic oxidation sites excluding steroid dienone is 1. The Kier molecular flexibility index (Phi) is 8.87. The molecule has 8 heteroatoms. The molecule has 0 unspecified atom stereocenters. The van der Waals surface area contributed by atoms with E-state index in [1.807, 2.05) is 12.1 Å². The van der Waals surface area contributed by atoms with Crippen molar-refractivity contribution in [1.29, 1.82) is 0 Å². The molecule has 1 aliphatic heterocycles. The Morgan fingerprint density at radius 1 is 0.860 bits per heavy atom. The van der Waals surface area contributed by atoms with E-state index < -0.39 is 11.9 Å². The van der Waals surface area contributed by atoms with E-state index in [0.29, 0.717) is 31.2 Å². The van der Waals surface area contributed by atoms with Crippen LogP contribution in [0.3, 0.4) is 0 Å². The number of benzene rings is 4. The molecule has 1 fully saturated rings. The highest BCUT2D eigenvalue weighted by Gasteiger charge is 2.36. The SMILES string of the molecule is COc1cc(O)c([C@@H]2C[C@H](CCc3ccc(O)cc3)O[C@H](c3ccc(O)cc3)C2)c(O)c1C(=O)C=Cc1ccc(O)cc1. The molecule has 4 aromatic rings. The van der Waals surface area contributed by atoms with Crippen molar-refractivity contribution in [2.75, 3.05) is 7.11 Å². The topological polar surface area (TPSA) is 137 Å². The van der Waals surface area contributed by atoms with Gasteiger partial charge >= 0.3 is 0 Å². The largest absolute Gasteiger partial charge is 0.508 e. The Hall–Kier alpha value is -4.95. The van der Waals surface area contributed by atoms with Gasteiger partial charge in [-0.1, -0.05) is 42.5 Å². The quantitative estimate of drug-likeness (QED) is 0.108. The lowest BCUT2D eigenvalue weighted by molar-refractivity contribution is -0.0632. The highest BCUT2D eigenvalue weighted by atomic mass is 16.5. The van der Waals surface area contributed by atoms with Crippen LogP contribution in [-0.4, -0.2) is 44.5 Å². The summed E-state index contributed by atoms with van der Waals surface area (Å²) in [6, 6.07) is 21.4. The molecular weight excluding hydrogens is 548 g/mol. The van der Waals surface area contributed by atoms with E-state index in [2.05, 4.69) is 0 Å². The van der Waals surface area contributed by atoms with Crippen LogP contribution in [0.5, 0.6) is 34.5 Å². The molecule has 1 saturated heterocycles. The number of phenols is 5. The Morgan fingerprint density at radius 3 is 2.09 bits per heavy atom. The maximum atomic E-state index is 13.4. The smallest absolute Gasteiger partial charge is 0.193 e. The van der Waals surface area contributed by atoms with Crippen molar-refractivity contribution >= 4 is 11.9 Å². The third-order valence-electron chi connectivity index (χ3n) is 7.84. The summed E-state index contributed by atoms with van der Waals surface area (Å²) in [6.07, 6.45) is 4.48. The number of ketones is 1. The molecule has 0 bridgehead atoms. The molecule has 5 rings (SSSR count). The standard InChI is InChI=1S/C35H34O8/c1-42-32-20-30(40)33(35(41)34(32)29(39)17-7-22-4-12-26(37)13-5-22)24-18-28(16-6-21-2-10-25(36)11-3-21)43-31(19-24)23-8-14-27(38)15-9-23/h2-5,7-15,17,20,24,28,31,36-38,40-41H,6,16,18-19H2,1H3/t24-,28+,31+/m1/s1. The van der Waals surface area contributed by atoms with Crippen molar-refractivity contribution < 1.29 is 39.8 Å². The third kappa shape index (κ3) is 6.93. The molecule has 222 valence electrons. The predicted octanol–water partition coefficient (Wildman–Crippen LogP) is 6.76. The zero-order chi connectivity index (χ0) is 30.5.